The molecule has 5 heteroatoms. The number of amides is 2. The highest BCUT2D eigenvalue weighted by Gasteiger charge is 2.35. The van der Waals surface area contributed by atoms with E-state index in [0.717, 1.165) is 17.7 Å². The molecule has 1 unspecified atom stereocenters. The molecule has 5 nitrogen and oxygen atoms in total. The van der Waals surface area contributed by atoms with Crippen LogP contribution in [0.2, 0.25) is 0 Å². The van der Waals surface area contributed by atoms with Crippen molar-refractivity contribution in [2.24, 2.45) is 5.92 Å². The Labute approximate surface area is 146 Å². The number of rotatable bonds is 4. The second-order valence-corrected chi connectivity index (χ2v) is 6.03. The van der Waals surface area contributed by atoms with Gasteiger partial charge in [-0.3, -0.25) is 9.59 Å². The van der Waals surface area contributed by atoms with Crippen LogP contribution in [0.25, 0.3) is 0 Å². The van der Waals surface area contributed by atoms with E-state index in [4.69, 9.17) is 5.26 Å². The van der Waals surface area contributed by atoms with Gasteiger partial charge in [0.15, 0.2) is 0 Å². The van der Waals surface area contributed by atoms with Gasteiger partial charge in [-0.1, -0.05) is 37.3 Å². The fourth-order valence-corrected chi connectivity index (χ4v) is 3.11. The summed E-state index contributed by atoms with van der Waals surface area (Å²) in [7, 11) is 0. The molecule has 2 aromatic carbocycles. The number of anilines is 2. The van der Waals surface area contributed by atoms with Crippen LogP contribution in [0.1, 0.15) is 24.5 Å². The van der Waals surface area contributed by atoms with E-state index in [1.165, 1.54) is 0 Å². The van der Waals surface area contributed by atoms with Crippen LogP contribution in [-0.2, 0) is 16.0 Å². The molecular weight excluding hydrogens is 314 g/mol. The number of hydrogen-bond acceptors (Lipinski definition) is 3. The number of carbonyl (C=O) groups excluding carboxylic acids is 2. The maximum Gasteiger partial charge on any atom is 0.229 e. The number of hydrogen-bond donors (Lipinski definition) is 1. The quantitative estimate of drug-likeness (QED) is 0.934. The molecule has 1 aliphatic rings. The average Bonchev–Trinajstić information content (AvgIpc) is 3.03. The van der Waals surface area contributed by atoms with Gasteiger partial charge in [-0.2, -0.15) is 5.26 Å². The minimum Gasteiger partial charge on any atom is -0.325 e. The van der Waals surface area contributed by atoms with E-state index in [2.05, 4.69) is 11.4 Å². The minimum absolute atomic E-state index is 0.0466. The second kappa shape index (κ2) is 7.18. The lowest BCUT2D eigenvalue weighted by atomic mass is 10.1. The van der Waals surface area contributed by atoms with Crippen LogP contribution in [0.3, 0.4) is 0 Å². The van der Waals surface area contributed by atoms with Crippen molar-refractivity contribution >= 4 is 23.2 Å². The van der Waals surface area contributed by atoms with E-state index in [0.29, 0.717) is 17.8 Å². The van der Waals surface area contributed by atoms with Gasteiger partial charge in [-0.05, 0) is 30.2 Å². The van der Waals surface area contributed by atoms with Crippen LogP contribution in [0, 0.1) is 17.2 Å². The highest BCUT2D eigenvalue weighted by atomic mass is 16.2. The molecule has 1 atom stereocenters. The number of benzene rings is 2. The van der Waals surface area contributed by atoms with Crippen molar-refractivity contribution in [3.05, 3.63) is 59.7 Å². The summed E-state index contributed by atoms with van der Waals surface area (Å²) in [6.07, 6.45) is 1.00. The van der Waals surface area contributed by atoms with Crippen molar-refractivity contribution in [3.63, 3.8) is 0 Å². The number of carbonyl (C=O) groups is 2. The molecule has 126 valence electrons. The monoisotopic (exact) mass is 333 g/mol. The van der Waals surface area contributed by atoms with Crippen molar-refractivity contribution in [1.82, 2.24) is 0 Å². The zero-order chi connectivity index (χ0) is 17.8. The molecule has 0 spiro atoms. The lowest BCUT2D eigenvalue weighted by Gasteiger charge is -2.20. The van der Waals surface area contributed by atoms with Crippen LogP contribution in [0.15, 0.2) is 48.5 Å². The Morgan fingerprint density at radius 1 is 1.24 bits per heavy atom. The Bertz CT molecular complexity index is 854. The van der Waals surface area contributed by atoms with Crippen LogP contribution in [0.4, 0.5) is 11.4 Å². The normalized spacial score (nSPS) is 16.6. The fraction of sp³-hybridized carbons (Fsp3) is 0.250. The summed E-state index contributed by atoms with van der Waals surface area (Å²) >= 11 is 0. The van der Waals surface area contributed by atoms with E-state index < -0.39 is 5.92 Å². The van der Waals surface area contributed by atoms with Gasteiger partial charge in [0.25, 0.3) is 0 Å². The topological polar surface area (TPSA) is 73.2 Å². The molecule has 0 saturated carbocycles. The summed E-state index contributed by atoms with van der Waals surface area (Å²) in [5.74, 6) is -0.702. The molecule has 1 N–H and O–H groups in total. The number of nitrogens with zero attached hydrogens (tertiary/aromatic N) is 2. The van der Waals surface area contributed by atoms with Gasteiger partial charge in [-0.15, -0.1) is 0 Å². The van der Waals surface area contributed by atoms with Gasteiger partial charge in [0, 0.05) is 18.7 Å². The third-order valence-corrected chi connectivity index (χ3v) is 4.46. The maximum absolute atomic E-state index is 12.6. The fourth-order valence-electron chi connectivity index (χ4n) is 3.11. The molecule has 25 heavy (non-hydrogen) atoms. The summed E-state index contributed by atoms with van der Waals surface area (Å²) in [6, 6.07) is 16.7. The second-order valence-electron chi connectivity index (χ2n) is 6.03. The summed E-state index contributed by atoms with van der Waals surface area (Å²) in [5, 5.41) is 11.9. The van der Waals surface area contributed by atoms with Gasteiger partial charge in [0.05, 0.1) is 17.2 Å². The highest BCUT2D eigenvalue weighted by molar-refractivity contribution is 6.04. The SMILES string of the molecule is CCc1ccccc1N1CC(C(=O)Nc2ccccc2C#N)CC1=O. The van der Waals surface area contributed by atoms with Gasteiger partial charge in [0.2, 0.25) is 11.8 Å². The predicted octanol–water partition coefficient (Wildman–Crippen LogP) is 3.11. The number of aryl methyl sites for hydroxylation is 1. The minimum atomic E-state index is -0.427. The molecule has 2 amide bonds. The van der Waals surface area contributed by atoms with Crippen molar-refractivity contribution in [2.45, 2.75) is 19.8 Å². The Morgan fingerprint density at radius 2 is 1.96 bits per heavy atom. The number of para-hydroxylation sites is 2. The first-order valence-corrected chi connectivity index (χ1v) is 8.32. The molecule has 0 aromatic heterocycles. The summed E-state index contributed by atoms with van der Waals surface area (Å²) < 4.78 is 0. The molecule has 2 aromatic rings. The lowest BCUT2D eigenvalue weighted by Crippen LogP contribution is -2.28. The summed E-state index contributed by atoms with van der Waals surface area (Å²) in [6.45, 7) is 2.40. The van der Waals surface area contributed by atoms with Crippen molar-refractivity contribution in [2.75, 3.05) is 16.8 Å². The lowest BCUT2D eigenvalue weighted by molar-refractivity contribution is -0.122. The Balaban J connectivity index is 1.76. The van der Waals surface area contributed by atoms with E-state index in [-0.39, 0.29) is 18.2 Å². The van der Waals surface area contributed by atoms with Gasteiger partial charge in [0.1, 0.15) is 6.07 Å². The van der Waals surface area contributed by atoms with Crippen LogP contribution in [0.5, 0.6) is 0 Å². The molecule has 1 fully saturated rings. The molecular formula is C20H19N3O2. The zero-order valence-corrected chi connectivity index (χ0v) is 14.0. The first-order chi connectivity index (χ1) is 12.1. The molecule has 1 aliphatic heterocycles. The average molecular weight is 333 g/mol. The van der Waals surface area contributed by atoms with Gasteiger partial charge < -0.3 is 10.2 Å². The summed E-state index contributed by atoms with van der Waals surface area (Å²) in [5.41, 5.74) is 2.86. The largest absolute Gasteiger partial charge is 0.325 e. The van der Waals surface area contributed by atoms with Crippen LogP contribution in [-0.4, -0.2) is 18.4 Å². The van der Waals surface area contributed by atoms with E-state index in [1.54, 1.807) is 29.2 Å². The molecule has 1 saturated heterocycles. The smallest absolute Gasteiger partial charge is 0.229 e. The molecule has 0 aliphatic carbocycles. The Kier molecular flexibility index (Phi) is 4.80. The van der Waals surface area contributed by atoms with Crippen LogP contribution >= 0.6 is 0 Å². The first-order valence-electron chi connectivity index (χ1n) is 8.32. The van der Waals surface area contributed by atoms with Crippen molar-refractivity contribution in [3.8, 4) is 6.07 Å². The third-order valence-electron chi connectivity index (χ3n) is 4.46. The van der Waals surface area contributed by atoms with E-state index in [9.17, 15) is 9.59 Å². The number of nitrogens with one attached hydrogen (secondary N) is 1. The van der Waals surface area contributed by atoms with Crippen molar-refractivity contribution < 1.29 is 9.59 Å². The van der Waals surface area contributed by atoms with Crippen molar-refractivity contribution in [1.29, 1.82) is 5.26 Å². The third kappa shape index (κ3) is 3.38. The van der Waals surface area contributed by atoms with E-state index >= 15 is 0 Å². The Hall–Kier alpha value is -3.13. The summed E-state index contributed by atoms with van der Waals surface area (Å²) in [4.78, 5) is 26.7. The van der Waals surface area contributed by atoms with Crippen LogP contribution < -0.4 is 10.2 Å². The van der Waals surface area contributed by atoms with Gasteiger partial charge >= 0.3 is 0 Å². The van der Waals surface area contributed by atoms with Gasteiger partial charge in [-0.25, -0.2) is 0 Å². The maximum atomic E-state index is 12.6. The Morgan fingerprint density at radius 3 is 2.72 bits per heavy atom. The number of nitriles is 1. The zero-order valence-electron chi connectivity index (χ0n) is 14.0. The molecule has 0 radical (unpaired) electrons. The first kappa shape index (κ1) is 16.7. The molecule has 3 rings (SSSR count). The predicted molar refractivity (Wildman–Crippen MR) is 96.1 cm³/mol. The standard InChI is InChI=1S/C20H19N3O2/c1-2-14-7-4-6-10-18(14)23-13-16(11-19(23)24)20(25)22-17-9-5-3-8-15(17)12-21/h3-10,16H,2,11,13H2,1H3,(H,22,25). The molecule has 1 heterocycles. The molecule has 0 bridgehead atoms. The highest BCUT2D eigenvalue weighted by Crippen LogP contribution is 2.29. The van der Waals surface area contributed by atoms with E-state index in [1.807, 2.05) is 31.2 Å².